The van der Waals surface area contributed by atoms with Crippen molar-refractivity contribution in [2.24, 2.45) is 4.40 Å². The van der Waals surface area contributed by atoms with E-state index in [0.717, 1.165) is 29.5 Å². The van der Waals surface area contributed by atoms with Gasteiger partial charge in [-0.05, 0) is 36.2 Å². The molecule has 0 atom stereocenters. The van der Waals surface area contributed by atoms with Gasteiger partial charge in [-0.3, -0.25) is 4.98 Å². The van der Waals surface area contributed by atoms with Crippen molar-refractivity contribution in [3.05, 3.63) is 52.3 Å². The predicted octanol–water partition coefficient (Wildman–Crippen LogP) is 4.01. The van der Waals surface area contributed by atoms with E-state index >= 15 is 0 Å². The lowest BCUT2D eigenvalue weighted by Crippen LogP contribution is -2.33. The molecule has 1 aliphatic heterocycles. The Morgan fingerprint density at radius 1 is 1.14 bits per heavy atom. The first-order valence-corrected chi connectivity index (χ1v) is 7.89. The molecular weight excluding hydrogens is 327 g/mol. The first-order valence-electron chi connectivity index (χ1n) is 6.36. The third-order valence-electron chi connectivity index (χ3n) is 2.97. The second kappa shape index (κ2) is 6.56. The van der Waals surface area contributed by atoms with Crippen LogP contribution in [0.15, 0.2) is 46.0 Å². The Hall–Kier alpha value is -1.43. The highest BCUT2D eigenvalue weighted by Gasteiger charge is 2.14. The van der Waals surface area contributed by atoms with Crippen LogP contribution in [0.5, 0.6) is 0 Å². The lowest BCUT2D eigenvalue weighted by atomic mass is 10.2. The zero-order chi connectivity index (χ0) is 14.7. The number of anilines is 1. The molecule has 2 aromatic rings. The lowest BCUT2D eigenvalue weighted by Gasteiger charge is -2.19. The predicted molar refractivity (Wildman–Crippen MR) is 89.3 cm³/mol. The first-order chi connectivity index (χ1) is 10.2. The topological polar surface area (TPSA) is 49.3 Å². The molecule has 0 fully saturated rings. The number of fused-ring (bicyclic) bond motifs is 1. The number of guanidine groups is 1. The second-order valence-electron chi connectivity index (χ2n) is 4.45. The average molecular weight is 339 g/mol. The van der Waals surface area contributed by atoms with E-state index in [9.17, 15) is 0 Å². The van der Waals surface area contributed by atoms with Gasteiger partial charge in [-0.15, -0.1) is 0 Å². The van der Waals surface area contributed by atoms with Crippen LogP contribution in [-0.4, -0.2) is 17.5 Å². The molecule has 2 N–H and O–H groups in total. The lowest BCUT2D eigenvalue weighted by molar-refractivity contribution is 0.863. The fourth-order valence-corrected chi connectivity index (χ4v) is 2.97. The zero-order valence-electron chi connectivity index (χ0n) is 10.9. The van der Waals surface area contributed by atoms with Crippen molar-refractivity contribution in [3.8, 4) is 0 Å². The zero-order valence-corrected chi connectivity index (χ0v) is 13.3. The molecule has 0 amide bonds. The Kier molecular flexibility index (Phi) is 4.53. The molecule has 0 saturated heterocycles. The molecular formula is C14H12Cl2N4S. The summed E-state index contributed by atoms with van der Waals surface area (Å²) in [6, 6.07) is 7.63. The van der Waals surface area contributed by atoms with E-state index < -0.39 is 0 Å². The summed E-state index contributed by atoms with van der Waals surface area (Å²) in [6.07, 6.45) is 4.50. The van der Waals surface area contributed by atoms with Crippen molar-refractivity contribution < 1.29 is 0 Å². The molecule has 1 aromatic heterocycles. The number of hydrogen-bond acceptors (Lipinski definition) is 5. The molecule has 0 aliphatic carbocycles. The molecule has 4 nitrogen and oxygen atoms in total. The summed E-state index contributed by atoms with van der Waals surface area (Å²) >= 11 is 13.4. The Morgan fingerprint density at radius 2 is 1.90 bits per heavy atom. The Labute approximate surface area is 137 Å². The van der Waals surface area contributed by atoms with Crippen molar-refractivity contribution in [2.45, 2.75) is 11.3 Å². The number of nitrogens with one attached hydrogen (secondary N) is 2. The van der Waals surface area contributed by atoms with Crippen molar-refractivity contribution in [1.82, 2.24) is 10.3 Å². The standard InChI is InChI=1S/C14H12Cl2N4S/c15-10-7-12-13(8-11(10)16)21-20-14(19-12)18-6-3-9-1-4-17-5-2-9/h1-2,4-5,7-8H,3,6H2,(H2,18,19,20). The molecule has 1 aromatic carbocycles. The Bertz CT molecular complexity index is 676. The molecule has 0 spiro atoms. The largest absolute Gasteiger partial charge is 0.355 e. The van der Waals surface area contributed by atoms with E-state index in [1.807, 2.05) is 24.3 Å². The Morgan fingerprint density at radius 3 is 2.71 bits per heavy atom. The molecule has 7 heteroatoms. The molecule has 0 unspecified atom stereocenters. The maximum atomic E-state index is 6.03. The van der Waals surface area contributed by atoms with Crippen LogP contribution in [0.2, 0.25) is 10.0 Å². The van der Waals surface area contributed by atoms with Crippen LogP contribution in [0.3, 0.4) is 0 Å². The van der Waals surface area contributed by atoms with Crippen molar-refractivity contribution >= 4 is 46.8 Å². The SMILES string of the molecule is Clc1cc2c(cc1Cl)SN=C(NCCc1ccncc1)N2. The summed E-state index contributed by atoms with van der Waals surface area (Å²) in [4.78, 5) is 4.96. The summed E-state index contributed by atoms with van der Waals surface area (Å²) < 4.78 is 4.37. The van der Waals surface area contributed by atoms with Gasteiger partial charge >= 0.3 is 0 Å². The maximum Gasteiger partial charge on any atom is 0.207 e. The molecule has 1 aliphatic rings. The van der Waals surface area contributed by atoms with Gasteiger partial charge in [-0.2, -0.15) is 4.40 Å². The Balaban J connectivity index is 1.59. The van der Waals surface area contributed by atoms with Crippen molar-refractivity contribution in [2.75, 3.05) is 11.9 Å². The van der Waals surface area contributed by atoms with Crippen LogP contribution in [0.4, 0.5) is 5.69 Å². The molecule has 2 heterocycles. The van der Waals surface area contributed by atoms with Gasteiger partial charge in [-0.25, -0.2) is 0 Å². The van der Waals surface area contributed by atoms with Crippen LogP contribution < -0.4 is 10.6 Å². The highest BCUT2D eigenvalue weighted by molar-refractivity contribution is 7.98. The van der Waals surface area contributed by atoms with Gasteiger partial charge in [0.1, 0.15) is 0 Å². The summed E-state index contributed by atoms with van der Waals surface area (Å²) in [5.41, 5.74) is 2.15. The van der Waals surface area contributed by atoms with Gasteiger partial charge in [0.2, 0.25) is 5.96 Å². The number of aromatic nitrogens is 1. The smallest absolute Gasteiger partial charge is 0.207 e. The molecule has 108 valence electrons. The van der Waals surface area contributed by atoms with Crippen molar-refractivity contribution in [3.63, 3.8) is 0 Å². The van der Waals surface area contributed by atoms with Crippen LogP contribution in [0.25, 0.3) is 0 Å². The third kappa shape index (κ3) is 3.61. The molecule has 0 bridgehead atoms. The minimum atomic E-state index is 0.529. The third-order valence-corrected chi connectivity index (χ3v) is 4.50. The number of hydrogen-bond donors (Lipinski definition) is 2. The highest BCUT2D eigenvalue weighted by Crippen LogP contribution is 2.37. The van der Waals surface area contributed by atoms with Gasteiger partial charge in [0.25, 0.3) is 0 Å². The van der Waals surface area contributed by atoms with E-state index in [1.54, 1.807) is 12.4 Å². The first kappa shape index (κ1) is 14.5. The summed E-state index contributed by atoms with van der Waals surface area (Å²) in [6.45, 7) is 0.785. The van der Waals surface area contributed by atoms with E-state index in [2.05, 4.69) is 20.0 Å². The van der Waals surface area contributed by atoms with Gasteiger partial charge in [0.05, 0.1) is 20.6 Å². The summed E-state index contributed by atoms with van der Waals surface area (Å²) in [5.74, 6) is 0.722. The van der Waals surface area contributed by atoms with Gasteiger partial charge < -0.3 is 10.6 Å². The maximum absolute atomic E-state index is 6.03. The number of benzene rings is 1. The van der Waals surface area contributed by atoms with Gasteiger partial charge in [-0.1, -0.05) is 23.2 Å². The average Bonchev–Trinajstić information content (AvgIpc) is 2.50. The molecule has 21 heavy (non-hydrogen) atoms. The van der Waals surface area contributed by atoms with Crippen LogP contribution in [0.1, 0.15) is 5.56 Å². The van der Waals surface area contributed by atoms with Gasteiger partial charge in [0, 0.05) is 30.9 Å². The normalized spacial score (nSPS) is 13.1. The van der Waals surface area contributed by atoms with Crippen LogP contribution >= 0.6 is 35.1 Å². The van der Waals surface area contributed by atoms with E-state index in [4.69, 9.17) is 23.2 Å². The number of nitrogens with zero attached hydrogens (tertiary/aromatic N) is 2. The van der Waals surface area contributed by atoms with E-state index in [-0.39, 0.29) is 0 Å². The van der Waals surface area contributed by atoms with Crippen LogP contribution in [-0.2, 0) is 6.42 Å². The molecule has 0 radical (unpaired) electrons. The number of pyridine rings is 1. The van der Waals surface area contributed by atoms with Crippen LogP contribution in [0, 0.1) is 0 Å². The fraction of sp³-hybridized carbons (Fsp3) is 0.143. The van der Waals surface area contributed by atoms with E-state index in [1.165, 1.54) is 17.5 Å². The van der Waals surface area contributed by atoms with Gasteiger partial charge in [0.15, 0.2) is 0 Å². The summed E-state index contributed by atoms with van der Waals surface area (Å²) in [7, 11) is 0. The minimum absolute atomic E-state index is 0.529. The molecule has 3 rings (SSSR count). The quantitative estimate of drug-likeness (QED) is 0.830. The fourth-order valence-electron chi connectivity index (χ4n) is 1.90. The number of halogens is 2. The monoisotopic (exact) mass is 338 g/mol. The minimum Gasteiger partial charge on any atom is -0.355 e. The molecule has 0 saturated carbocycles. The highest BCUT2D eigenvalue weighted by atomic mass is 35.5. The summed E-state index contributed by atoms with van der Waals surface area (Å²) in [5, 5.41) is 7.55. The van der Waals surface area contributed by atoms with E-state index in [0.29, 0.717) is 10.0 Å². The second-order valence-corrected chi connectivity index (χ2v) is 6.07. The van der Waals surface area contributed by atoms with Crippen molar-refractivity contribution in [1.29, 1.82) is 0 Å². The number of rotatable bonds is 3.